The first kappa shape index (κ1) is 12.0. The number of rotatable bonds is 3. The molecule has 0 bridgehead atoms. The minimum Gasteiger partial charge on any atom is -0.497 e. The zero-order valence-corrected chi connectivity index (χ0v) is 10.1. The molecule has 5 heteroatoms. The number of nitrogens with zero attached hydrogens (tertiary/aromatic N) is 2. The minimum atomic E-state index is -0.506. The normalized spacial score (nSPS) is 9.89. The Kier molecular flexibility index (Phi) is 3.52. The minimum absolute atomic E-state index is 0.199. The highest BCUT2D eigenvalue weighted by Crippen LogP contribution is 2.22. The molecule has 18 heavy (non-hydrogen) atoms. The molecule has 0 aliphatic heterocycles. The lowest BCUT2D eigenvalue weighted by Gasteiger charge is -2.06. The fourth-order valence-electron chi connectivity index (χ4n) is 1.54. The summed E-state index contributed by atoms with van der Waals surface area (Å²) >= 11 is 0. The van der Waals surface area contributed by atoms with Crippen molar-refractivity contribution in [2.75, 3.05) is 14.2 Å². The molecule has 2 aromatic rings. The van der Waals surface area contributed by atoms with Gasteiger partial charge in [0.1, 0.15) is 11.4 Å². The van der Waals surface area contributed by atoms with Crippen molar-refractivity contribution < 1.29 is 14.3 Å². The molecule has 5 nitrogen and oxygen atoms in total. The summed E-state index contributed by atoms with van der Waals surface area (Å²) in [5.41, 5.74) is 1.47. The zero-order chi connectivity index (χ0) is 13.0. The van der Waals surface area contributed by atoms with Crippen molar-refractivity contribution in [2.24, 2.45) is 0 Å². The Morgan fingerprint density at radius 1 is 1.06 bits per heavy atom. The molecular formula is C13H12N2O3. The third-order valence-electron chi connectivity index (χ3n) is 2.44. The van der Waals surface area contributed by atoms with E-state index < -0.39 is 5.97 Å². The number of methoxy groups -OCH3 is 2. The van der Waals surface area contributed by atoms with Gasteiger partial charge in [-0.05, 0) is 24.3 Å². The van der Waals surface area contributed by atoms with Crippen molar-refractivity contribution in [2.45, 2.75) is 0 Å². The summed E-state index contributed by atoms with van der Waals surface area (Å²) in [6.45, 7) is 0. The van der Waals surface area contributed by atoms with Crippen LogP contribution in [0, 0.1) is 0 Å². The SMILES string of the molecule is COC(=O)c1nccnc1-c1ccc(OC)cc1. The number of aromatic nitrogens is 2. The maximum absolute atomic E-state index is 11.6. The van der Waals surface area contributed by atoms with Crippen LogP contribution in [0.1, 0.15) is 10.5 Å². The van der Waals surface area contributed by atoms with Gasteiger partial charge in [0.2, 0.25) is 0 Å². The molecule has 0 atom stereocenters. The summed E-state index contributed by atoms with van der Waals surface area (Å²) in [6, 6.07) is 7.22. The van der Waals surface area contributed by atoms with E-state index in [1.165, 1.54) is 19.5 Å². The Morgan fingerprint density at radius 3 is 2.33 bits per heavy atom. The second-order valence-electron chi connectivity index (χ2n) is 3.47. The van der Waals surface area contributed by atoms with E-state index in [9.17, 15) is 4.79 Å². The van der Waals surface area contributed by atoms with Crippen LogP contribution in [-0.2, 0) is 4.74 Å². The van der Waals surface area contributed by atoms with Gasteiger partial charge >= 0.3 is 5.97 Å². The maximum Gasteiger partial charge on any atom is 0.358 e. The Labute approximate surface area is 104 Å². The number of hydrogen-bond acceptors (Lipinski definition) is 5. The van der Waals surface area contributed by atoms with Gasteiger partial charge < -0.3 is 9.47 Å². The molecule has 0 spiro atoms. The molecule has 1 aromatic heterocycles. The number of carbonyl (C=O) groups excluding carboxylic acids is 1. The Hall–Kier alpha value is -2.43. The average molecular weight is 244 g/mol. The van der Waals surface area contributed by atoms with Gasteiger partial charge in [-0.2, -0.15) is 0 Å². The molecule has 0 aliphatic carbocycles. The number of hydrogen-bond donors (Lipinski definition) is 0. The van der Waals surface area contributed by atoms with Crippen LogP contribution >= 0.6 is 0 Å². The first-order valence-electron chi connectivity index (χ1n) is 5.30. The van der Waals surface area contributed by atoms with Crippen LogP contribution in [0.15, 0.2) is 36.7 Å². The number of esters is 1. The lowest BCUT2D eigenvalue weighted by Crippen LogP contribution is -2.07. The second-order valence-corrected chi connectivity index (χ2v) is 3.47. The third-order valence-corrected chi connectivity index (χ3v) is 2.44. The van der Waals surface area contributed by atoms with Crippen molar-refractivity contribution in [3.05, 3.63) is 42.4 Å². The van der Waals surface area contributed by atoms with E-state index in [0.717, 1.165) is 11.3 Å². The molecule has 0 radical (unpaired) electrons. The third kappa shape index (κ3) is 2.29. The van der Waals surface area contributed by atoms with Crippen LogP contribution < -0.4 is 4.74 Å². The predicted molar refractivity (Wildman–Crippen MR) is 65.4 cm³/mol. The van der Waals surface area contributed by atoms with Gasteiger partial charge in [0.15, 0.2) is 5.69 Å². The van der Waals surface area contributed by atoms with E-state index in [1.54, 1.807) is 19.2 Å². The summed E-state index contributed by atoms with van der Waals surface area (Å²) in [5, 5.41) is 0. The van der Waals surface area contributed by atoms with E-state index >= 15 is 0 Å². The Balaban J connectivity index is 2.46. The Bertz CT molecular complexity index is 552. The van der Waals surface area contributed by atoms with E-state index in [0.29, 0.717) is 5.69 Å². The van der Waals surface area contributed by atoms with Crippen LogP contribution in [0.4, 0.5) is 0 Å². The zero-order valence-electron chi connectivity index (χ0n) is 10.1. The quantitative estimate of drug-likeness (QED) is 0.772. The van der Waals surface area contributed by atoms with E-state index in [-0.39, 0.29) is 5.69 Å². The predicted octanol–water partition coefficient (Wildman–Crippen LogP) is 1.94. The lowest BCUT2D eigenvalue weighted by molar-refractivity contribution is 0.0594. The maximum atomic E-state index is 11.6. The summed E-state index contributed by atoms with van der Waals surface area (Å²) < 4.78 is 9.75. The molecule has 1 heterocycles. The molecule has 1 aromatic carbocycles. The first-order valence-corrected chi connectivity index (χ1v) is 5.30. The molecule has 0 unspecified atom stereocenters. The molecule has 0 amide bonds. The van der Waals surface area contributed by atoms with Gasteiger partial charge in [-0.3, -0.25) is 4.98 Å². The first-order chi connectivity index (χ1) is 8.76. The fourth-order valence-corrected chi connectivity index (χ4v) is 1.54. The van der Waals surface area contributed by atoms with Gasteiger partial charge in [-0.1, -0.05) is 0 Å². The van der Waals surface area contributed by atoms with Crippen LogP contribution in [-0.4, -0.2) is 30.2 Å². The van der Waals surface area contributed by atoms with Gasteiger partial charge in [0.05, 0.1) is 14.2 Å². The second kappa shape index (κ2) is 5.27. The molecule has 0 N–H and O–H groups in total. The van der Waals surface area contributed by atoms with Gasteiger partial charge in [0, 0.05) is 18.0 Å². The molecule has 92 valence electrons. The van der Waals surface area contributed by atoms with Crippen LogP contribution in [0.2, 0.25) is 0 Å². The molecule has 0 saturated heterocycles. The van der Waals surface area contributed by atoms with Gasteiger partial charge in [-0.25, -0.2) is 9.78 Å². The molecule has 0 saturated carbocycles. The lowest BCUT2D eigenvalue weighted by atomic mass is 10.1. The standard InChI is InChI=1S/C13H12N2O3/c1-17-10-5-3-9(4-6-10)11-12(13(16)18-2)15-8-7-14-11/h3-8H,1-2H3. The van der Waals surface area contributed by atoms with Crippen molar-refractivity contribution >= 4 is 5.97 Å². The summed E-state index contributed by atoms with van der Waals surface area (Å²) in [7, 11) is 2.91. The van der Waals surface area contributed by atoms with Crippen LogP contribution in [0.25, 0.3) is 11.3 Å². The summed E-state index contributed by atoms with van der Waals surface area (Å²) in [6.07, 6.45) is 2.99. The molecule has 0 fully saturated rings. The molecular weight excluding hydrogens is 232 g/mol. The highest BCUT2D eigenvalue weighted by molar-refractivity contribution is 5.93. The fraction of sp³-hybridized carbons (Fsp3) is 0.154. The van der Waals surface area contributed by atoms with Crippen LogP contribution in [0.3, 0.4) is 0 Å². The number of ether oxygens (including phenoxy) is 2. The highest BCUT2D eigenvalue weighted by atomic mass is 16.5. The van der Waals surface area contributed by atoms with E-state index in [1.807, 2.05) is 12.1 Å². The van der Waals surface area contributed by atoms with E-state index in [4.69, 9.17) is 4.74 Å². The number of benzene rings is 1. The summed E-state index contributed by atoms with van der Waals surface area (Å²) in [4.78, 5) is 19.8. The summed E-state index contributed by atoms with van der Waals surface area (Å²) in [5.74, 6) is 0.233. The van der Waals surface area contributed by atoms with Crippen LogP contribution in [0.5, 0.6) is 5.75 Å². The average Bonchev–Trinajstić information content (AvgIpc) is 2.46. The number of carbonyl (C=O) groups is 1. The Morgan fingerprint density at radius 2 is 1.72 bits per heavy atom. The van der Waals surface area contributed by atoms with Crippen molar-refractivity contribution in [1.29, 1.82) is 0 Å². The van der Waals surface area contributed by atoms with Gasteiger partial charge in [-0.15, -0.1) is 0 Å². The topological polar surface area (TPSA) is 61.3 Å². The largest absolute Gasteiger partial charge is 0.497 e. The highest BCUT2D eigenvalue weighted by Gasteiger charge is 2.15. The monoisotopic (exact) mass is 244 g/mol. The van der Waals surface area contributed by atoms with Gasteiger partial charge in [0.25, 0.3) is 0 Å². The smallest absolute Gasteiger partial charge is 0.358 e. The molecule has 0 aliphatic rings. The van der Waals surface area contributed by atoms with E-state index in [2.05, 4.69) is 14.7 Å². The van der Waals surface area contributed by atoms with Crippen molar-refractivity contribution in [1.82, 2.24) is 9.97 Å². The molecule has 2 rings (SSSR count). The van der Waals surface area contributed by atoms with Crippen molar-refractivity contribution in [3.8, 4) is 17.0 Å². The van der Waals surface area contributed by atoms with Crippen molar-refractivity contribution in [3.63, 3.8) is 0 Å².